The molecule has 0 saturated heterocycles. The minimum atomic E-state index is -1.09. The van der Waals surface area contributed by atoms with Crippen molar-refractivity contribution in [1.29, 1.82) is 0 Å². The molecule has 0 fully saturated rings. The SMILES string of the molecule is CC1(C)Oc2cc(C=O)ccc2N(Cc2ncc(F)cn2)C1=O. The van der Waals surface area contributed by atoms with Gasteiger partial charge in [-0.2, -0.15) is 0 Å². The lowest BCUT2D eigenvalue weighted by Gasteiger charge is -2.38. The minimum absolute atomic E-state index is 0.0827. The van der Waals surface area contributed by atoms with E-state index < -0.39 is 11.4 Å². The molecule has 23 heavy (non-hydrogen) atoms. The lowest BCUT2D eigenvalue weighted by molar-refractivity contribution is -0.132. The van der Waals surface area contributed by atoms with Crippen LogP contribution in [0.1, 0.15) is 30.0 Å². The second-order valence-electron chi connectivity index (χ2n) is 5.67. The molecule has 0 aliphatic carbocycles. The highest BCUT2D eigenvalue weighted by Crippen LogP contribution is 2.38. The summed E-state index contributed by atoms with van der Waals surface area (Å²) < 4.78 is 18.6. The number of amides is 1. The van der Waals surface area contributed by atoms with Crippen molar-refractivity contribution in [2.75, 3.05) is 4.90 Å². The zero-order chi connectivity index (χ0) is 16.6. The molecule has 118 valence electrons. The number of aldehydes is 1. The van der Waals surface area contributed by atoms with Crippen LogP contribution in [-0.4, -0.2) is 27.8 Å². The molecular formula is C16H14FN3O3. The Labute approximate surface area is 131 Å². The van der Waals surface area contributed by atoms with Gasteiger partial charge in [-0.25, -0.2) is 14.4 Å². The van der Waals surface area contributed by atoms with Crippen LogP contribution in [0.5, 0.6) is 5.75 Å². The monoisotopic (exact) mass is 315 g/mol. The maximum absolute atomic E-state index is 12.9. The predicted octanol–water partition coefficient (Wildman–Crippen LogP) is 2.13. The molecule has 0 bridgehead atoms. The van der Waals surface area contributed by atoms with Crippen molar-refractivity contribution in [2.45, 2.75) is 26.0 Å². The van der Waals surface area contributed by atoms with Gasteiger partial charge in [-0.15, -0.1) is 0 Å². The van der Waals surface area contributed by atoms with Crippen LogP contribution in [0.4, 0.5) is 10.1 Å². The van der Waals surface area contributed by atoms with Crippen molar-refractivity contribution in [2.24, 2.45) is 0 Å². The van der Waals surface area contributed by atoms with E-state index in [0.29, 0.717) is 29.1 Å². The largest absolute Gasteiger partial charge is 0.476 e. The van der Waals surface area contributed by atoms with E-state index >= 15 is 0 Å². The van der Waals surface area contributed by atoms with E-state index in [-0.39, 0.29) is 12.5 Å². The number of nitrogens with zero attached hydrogens (tertiary/aromatic N) is 3. The zero-order valence-electron chi connectivity index (χ0n) is 12.6. The summed E-state index contributed by atoms with van der Waals surface area (Å²) in [7, 11) is 0. The second-order valence-corrected chi connectivity index (χ2v) is 5.67. The standard InChI is InChI=1S/C16H14FN3O3/c1-16(2)15(22)20(8-14-18-6-11(17)7-19-14)12-4-3-10(9-21)5-13(12)23-16/h3-7,9H,8H2,1-2H3. The summed E-state index contributed by atoms with van der Waals surface area (Å²) in [6, 6.07) is 4.81. The number of ether oxygens (including phenoxy) is 1. The quantitative estimate of drug-likeness (QED) is 0.811. The molecule has 6 nitrogen and oxygen atoms in total. The smallest absolute Gasteiger partial charge is 0.271 e. The molecule has 0 spiro atoms. The van der Waals surface area contributed by atoms with Gasteiger partial charge in [0.05, 0.1) is 24.6 Å². The van der Waals surface area contributed by atoms with Gasteiger partial charge < -0.3 is 4.74 Å². The molecule has 0 N–H and O–H groups in total. The fraction of sp³-hybridized carbons (Fsp3) is 0.250. The number of hydrogen-bond donors (Lipinski definition) is 0. The number of benzene rings is 1. The van der Waals surface area contributed by atoms with Gasteiger partial charge in [0.1, 0.15) is 17.9 Å². The van der Waals surface area contributed by atoms with Crippen molar-refractivity contribution in [3.05, 3.63) is 47.8 Å². The maximum atomic E-state index is 12.9. The molecule has 0 saturated carbocycles. The first-order valence-corrected chi connectivity index (χ1v) is 6.97. The minimum Gasteiger partial charge on any atom is -0.476 e. The van der Waals surface area contributed by atoms with Gasteiger partial charge >= 0.3 is 0 Å². The Balaban J connectivity index is 2.02. The van der Waals surface area contributed by atoms with Gasteiger partial charge in [-0.3, -0.25) is 14.5 Å². The first-order chi connectivity index (χ1) is 10.9. The Kier molecular flexibility index (Phi) is 3.55. The highest BCUT2D eigenvalue weighted by molar-refractivity contribution is 6.02. The van der Waals surface area contributed by atoms with Crippen LogP contribution in [0.25, 0.3) is 0 Å². The third kappa shape index (κ3) is 2.77. The van der Waals surface area contributed by atoms with Crippen molar-refractivity contribution in [3.63, 3.8) is 0 Å². The van der Waals surface area contributed by atoms with Gasteiger partial charge in [0, 0.05) is 5.56 Å². The Morgan fingerprint density at radius 1 is 1.30 bits per heavy atom. The molecule has 1 aromatic heterocycles. The average Bonchev–Trinajstić information content (AvgIpc) is 2.52. The number of halogens is 1. The second kappa shape index (κ2) is 5.42. The summed E-state index contributed by atoms with van der Waals surface area (Å²) >= 11 is 0. The van der Waals surface area contributed by atoms with Crippen LogP contribution < -0.4 is 9.64 Å². The van der Waals surface area contributed by atoms with E-state index in [0.717, 1.165) is 12.4 Å². The third-order valence-electron chi connectivity index (χ3n) is 3.51. The lowest BCUT2D eigenvalue weighted by atomic mass is 10.0. The molecule has 0 unspecified atom stereocenters. The zero-order valence-corrected chi connectivity index (χ0v) is 12.6. The summed E-state index contributed by atoms with van der Waals surface area (Å²) in [6.45, 7) is 3.37. The average molecular weight is 315 g/mol. The van der Waals surface area contributed by atoms with Crippen molar-refractivity contribution in [3.8, 4) is 5.75 Å². The van der Waals surface area contributed by atoms with E-state index in [2.05, 4.69) is 9.97 Å². The van der Waals surface area contributed by atoms with Crippen LogP contribution in [0.3, 0.4) is 0 Å². The van der Waals surface area contributed by atoms with E-state index in [1.165, 1.54) is 4.90 Å². The van der Waals surface area contributed by atoms with E-state index in [9.17, 15) is 14.0 Å². The molecule has 1 aromatic carbocycles. The molecule has 7 heteroatoms. The predicted molar refractivity (Wildman–Crippen MR) is 79.7 cm³/mol. The van der Waals surface area contributed by atoms with Gasteiger partial charge in [0.2, 0.25) is 0 Å². The van der Waals surface area contributed by atoms with Crippen LogP contribution >= 0.6 is 0 Å². The molecule has 1 amide bonds. The van der Waals surface area contributed by atoms with Crippen LogP contribution in [0.2, 0.25) is 0 Å². The number of hydrogen-bond acceptors (Lipinski definition) is 5. The molecular weight excluding hydrogens is 301 g/mol. The first-order valence-electron chi connectivity index (χ1n) is 6.97. The molecule has 1 aliphatic rings. The molecule has 2 heterocycles. The van der Waals surface area contributed by atoms with Crippen molar-refractivity contribution >= 4 is 17.9 Å². The molecule has 0 radical (unpaired) electrons. The Morgan fingerprint density at radius 2 is 2.00 bits per heavy atom. The van der Waals surface area contributed by atoms with E-state index in [1.54, 1.807) is 32.0 Å². The summed E-state index contributed by atoms with van der Waals surface area (Å²) in [5.74, 6) is -0.0700. The number of rotatable bonds is 3. The molecule has 2 aromatic rings. The number of aromatic nitrogens is 2. The lowest BCUT2D eigenvalue weighted by Crippen LogP contribution is -2.52. The summed E-state index contributed by atoms with van der Waals surface area (Å²) in [5.41, 5.74) is -0.117. The maximum Gasteiger partial charge on any atom is 0.271 e. The fourth-order valence-electron chi connectivity index (χ4n) is 2.38. The third-order valence-corrected chi connectivity index (χ3v) is 3.51. The Bertz CT molecular complexity index is 775. The van der Waals surface area contributed by atoms with Gasteiger partial charge in [0.25, 0.3) is 5.91 Å². The topological polar surface area (TPSA) is 72.4 Å². The highest BCUT2D eigenvalue weighted by Gasteiger charge is 2.41. The van der Waals surface area contributed by atoms with Gasteiger partial charge in [-0.1, -0.05) is 0 Å². The van der Waals surface area contributed by atoms with Gasteiger partial charge in [0.15, 0.2) is 11.4 Å². The summed E-state index contributed by atoms with van der Waals surface area (Å²) in [6.07, 6.45) is 2.81. The fourth-order valence-corrected chi connectivity index (χ4v) is 2.38. The molecule has 3 rings (SSSR count). The summed E-state index contributed by atoms with van der Waals surface area (Å²) in [4.78, 5) is 32.8. The number of carbonyl (C=O) groups is 2. The molecule has 1 aliphatic heterocycles. The van der Waals surface area contributed by atoms with Crippen LogP contribution in [0, 0.1) is 5.82 Å². The van der Waals surface area contributed by atoms with Gasteiger partial charge in [-0.05, 0) is 32.0 Å². The summed E-state index contributed by atoms with van der Waals surface area (Å²) in [5, 5.41) is 0. The first kappa shape index (κ1) is 15.1. The van der Waals surface area contributed by atoms with Crippen LogP contribution in [0.15, 0.2) is 30.6 Å². The van der Waals surface area contributed by atoms with Crippen molar-refractivity contribution in [1.82, 2.24) is 9.97 Å². The highest BCUT2D eigenvalue weighted by atomic mass is 19.1. The van der Waals surface area contributed by atoms with Crippen molar-refractivity contribution < 1.29 is 18.7 Å². The normalized spacial score (nSPS) is 15.8. The van der Waals surface area contributed by atoms with E-state index in [4.69, 9.17) is 4.74 Å². The van der Waals surface area contributed by atoms with Crippen LogP contribution in [-0.2, 0) is 11.3 Å². The Hall–Kier alpha value is -2.83. The Morgan fingerprint density at radius 3 is 2.65 bits per heavy atom. The number of anilines is 1. The van der Waals surface area contributed by atoms with E-state index in [1.807, 2.05) is 0 Å². The number of fused-ring (bicyclic) bond motifs is 1. The number of carbonyl (C=O) groups excluding carboxylic acids is 2. The molecule has 0 atom stereocenters.